The number of hydrogen-bond acceptors (Lipinski definition) is 6. The number of nitrogens with zero attached hydrogens (tertiary/aromatic N) is 3. The number of hydrogen-bond donors (Lipinski definition) is 3. The van der Waals surface area contributed by atoms with Crippen LogP contribution in [0.25, 0.3) is 21.9 Å². The van der Waals surface area contributed by atoms with Crippen molar-refractivity contribution in [3.63, 3.8) is 0 Å². The molecule has 0 spiro atoms. The van der Waals surface area contributed by atoms with E-state index in [-0.39, 0.29) is 40.0 Å². The van der Waals surface area contributed by atoms with Crippen molar-refractivity contribution in [3.05, 3.63) is 27.8 Å². The maximum Gasteiger partial charge on any atom is 0.202 e. The summed E-state index contributed by atoms with van der Waals surface area (Å²) in [6.07, 6.45) is 2.49. The number of aromatic amines is 1. The number of H-pyrrole nitrogens is 1. The summed E-state index contributed by atoms with van der Waals surface area (Å²) >= 11 is 0. The lowest BCUT2D eigenvalue weighted by atomic mass is 10.1. The van der Waals surface area contributed by atoms with Crippen LogP contribution in [0, 0.1) is 17.1 Å². The number of halogens is 1. The maximum absolute atomic E-state index is 15.2. The molecule has 3 heterocycles. The van der Waals surface area contributed by atoms with E-state index in [2.05, 4.69) is 4.98 Å². The van der Waals surface area contributed by atoms with Crippen molar-refractivity contribution in [2.75, 3.05) is 25.1 Å². The van der Waals surface area contributed by atoms with E-state index in [0.717, 1.165) is 19.3 Å². The SMILES string of the molecule is COc1c(N2CC[C@@H](N)C2)c(F)cc2c(=O)c3c(O)c(C#N)[nH]c3n(C3CC3)c12. The molecule has 0 bridgehead atoms. The summed E-state index contributed by atoms with van der Waals surface area (Å²) in [6, 6.07) is 3.09. The molecule has 1 aliphatic carbocycles. The predicted octanol–water partition coefficient (Wildman–Crippen LogP) is 2.08. The Morgan fingerprint density at radius 1 is 1.41 bits per heavy atom. The molecule has 2 fully saturated rings. The van der Waals surface area contributed by atoms with Crippen LogP contribution in [-0.4, -0.2) is 40.9 Å². The van der Waals surface area contributed by atoms with Gasteiger partial charge in [0, 0.05) is 25.2 Å². The Morgan fingerprint density at radius 2 is 2.17 bits per heavy atom. The zero-order valence-electron chi connectivity index (χ0n) is 15.8. The van der Waals surface area contributed by atoms with E-state index >= 15 is 4.39 Å². The Kier molecular flexibility index (Phi) is 3.76. The molecule has 8 nitrogen and oxygen atoms in total. The molecular weight excluding hydrogens is 377 g/mol. The monoisotopic (exact) mass is 397 g/mol. The Morgan fingerprint density at radius 3 is 2.76 bits per heavy atom. The van der Waals surface area contributed by atoms with Gasteiger partial charge in [0.15, 0.2) is 23.0 Å². The van der Waals surface area contributed by atoms with Gasteiger partial charge in [-0.1, -0.05) is 0 Å². The molecule has 1 atom stereocenters. The molecular formula is C20H20FN5O3. The lowest BCUT2D eigenvalue weighted by molar-refractivity contribution is 0.414. The van der Waals surface area contributed by atoms with Crippen LogP contribution in [0.15, 0.2) is 10.9 Å². The van der Waals surface area contributed by atoms with Crippen molar-refractivity contribution >= 4 is 27.6 Å². The summed E-state index contributed by atoms with van der Waals surface area (Å²) in [6.45, 7) is 1.09. The lowest BCUT2D eigenvalue weighted by Gasteiger charge is -2.24. The van der Waals surface area contributed by atoms with Gasteiger partial charge in [-0.15, -0.1) is 0 Å². The van der Waals surface area contributed by atoms with Crippen LogP contribution in [0.4, 0.5) is 10.1 Å². The van der Waals surface area contributed by atoms with E-state index in [1.165, 1.54) is 13.2 Å². The number of nitriles is 1. The lowest BCUT2D eigenvalue weighted by Crippen LogP contribution is -2.27. The third kappa shape index (κ3) is 2.42. The van der Waals surface area contributed by atoms with Crippen molar-refractivity contribution in [1.82, 2.24) is 9.55 Å². The first-order chi connectivity index (χ1) is 14.0. The molecule has 1 aliphatic heterocycles. The van der Waals surface area contributed by atoms with Crippen molar-refractivity contribution in [3.8, 4) is 17.6 Å². The topological polar surface area (TPSA) is 120 Å². The minimum absolute atomic E-state index is 0.00153. The van der Waals surface area contributed by atoms with Crippen LogP contribution >= 0.6 is 0 Å². The minimum atomic E-state index is -0.572. The summed E-state index contributed by atoms with van der Waals surface area (Å²) in [5, 5.41) is 19.8. The van der Waals surface area contributed by atoms with E-state index in [1.807, 2.05) is 15.5 Å². The average Bonchev–Trinajstić information content (AvgIpc) is 3.36. The smallest absolute Gasteiger partial charge is 0.202 e. The zero-order chi connectivity index (χ0) is 20.4. The van der Waals surface area contributed by atoms with Gasteiger partial charge in [0.05, 0.1) is 18.0 Å². The molecule has 0 amide bonds. The van der Waals surface area contributed by atoms with Crippen LogP contribution in [0.3, 0.4) is 0 Å². The molecule has 150 valence electrons. The fraction of sp³-hybridized carbons (Fsp3) is 0.400. The first-order valence-electron chi connectivity index (χ1n) is 9.56. The van der Waals surface area contributed by atoms with E-state index in [4.69, 9.17) is 10.5 Å². The van der Waals surface area contributed by atoms with Crippen molar-refractivity contribution in [1.29, 1.82) is 5.26 Å². The fourth-order valence-electron chi connectivity index (χ4n) is 4.40. The summed E-state index contributed by atoms with van der Waals surface area (Å²) in [5.41, 5.74) is 6.50. The normalized spacial score (nSPS) is 19.2. The van der Waals surface area contributed by atoms with Crippen molar-refractivity contribution < 1.29 is 14.2 Å². The molecule has 4 N–H and O–H groups in total. The fourth-order valence-corrected chi connectivity index (χ4v) is 4.40. The predicted molar refractivity (Wildman–Crippen MR) is 106 cm³/mol. The van der Waals surface area contributed by atoms with E-state index in [0.29, 0.717) is 24.3 Å². The molecule has 1 saturated carbocycles. The maximum atomic E-state index is 15.2. The molecule has 0 unspecified atom stereocenters. The van der Waals surface area contributed by atoms with E-state index < -0.39 is 17.0 Å². The van der Waals surface area contributed by atoms with Crippen molar-refractivity contribution in [2.45, 2.75) is 31.3 Å². The van der Waals surface area contributed by atoms with Crippen LogP contribution in [0.1, 0.15) is 31.0 Å². The summed E-state index contributed by atoms with van der Waals surface area (Å²) in [7, 11) is 1.45. The molecule has 0 radical (unpaired) electrons. The standard InChI is InChI=1S/C20H20FN5O3/c1-29-19-15-11(6-12(21)16(19)25-5-4-9(23)8-25)17(27)14-18(28)13(7-22)24-20(14)26(15)10-2-3-10/h6,9-10,24,28H,2-5,8,23H2,1H3/t9-/m1/s1. The van der Waals surface area contributed by atoms with Gasteiger partial charge in [-0.3, -0.25) is 4.79 Å². The average molecular weight is 397 g/mol. The van der Waals surface area contributed by atoms with Gasteiger partial charge in [0.2, 0.25) is 5.43 Å². The molecule has 3 aromatic rings. The molecule has 2 aliphatic rings. The minimum Gasteiger partial charge on any atom is -0.504 e. The van der Waals surface area contributed by atoms with Gasteiger partial charge in [-0.25, -0.2) is 4.39 Å². The molecule has 2 aromatic heterocycles. The Bertz CT molecular complexity index is 1270. The number of methoxy groups -OCH3 is 1. The summed E-state index contributed by atoms with van der Waals surface area (Å²) in [5.74, 6) is -0.705. The number of fused-ring (bicyclic) bond motifs is 2. The zero-order valence-corrected chi connectivity index (χ0v) is 15.8. The second kappa shape index (κ2) is 6.12. The van der Waals surface area contributed by atoms with Gasteiger partial charge in [0.25, 0.3) is 0 Å². The number of rotatable bonds is 3. The Balaban J connectivity index is 1.95. The quantitative estimate of drug-likeness (QED) is 0.622. The van der Waals surface area contributed by atoms with Crippen molar-refractivity contribution in [2.24, 2.45) is 5.73 Å². The number of aromatic nitrogens is 2. The van der Waals surface area contributed by atoms with Gasteiger partial charge in [-0.2, -0.15) is 5.26 Å². The third-order valence-electron chi connectivity index (χ3n) is 5.86. The highest BCUT2D eigenvalue weighted by Gasteiger charge is 2.34. The van der Waals surface area contributed by atoms with Crippen LogP contribution in [0.5, 0.6) is 11.5 Å². The number of nitrogens with one attached hydrogen (secondary N) is 1. The molecule has 5 rings (SSSR count). The van der Waals surface area contributed by atoms with E-state index in [9.17, 15) is 15.2 Å². The van der Waals surface area contributed by atoms with Gasteiger partial charge < -0.3 is 30.0 Å². The molecule has 1 aromatic carbocycles. The van der Waals surface area contributed by atoms with Crippen LogP contribution < -0.4 is 20.8 Å². The number of nitrogens with two attached hydrogens (primary N) is 1. The Hall–Kier alpha value is -3.25. The number of ether oxygens (including phenoxy) is 1. The third-order valence-corrected chi connectivity index (χ3v) is 5.86. The molecule has 9 heteroatoms. The molecule has 29 heavy (non-hydrogen) atoms. The van der Waals surface area contributed by atoms with Gasteiger partial charge in [0.1, 0.15) is 22.8 Å². The highest BCUT2D eigenvalue weighted by Crippen LogP contribution is 2.46. The summed E-state index contributed by atoms with van der Waals surface area (Å²) < 4.78 is 22.7. The number of pyridine rings is 1. The van der Waals surface area contributed by atoms with Crippen LogP contribution in [0.2, 0.25) is 0 Å². The number of aromatic hydroxyl groups is 1. The highest BCUT2D eigenvalue weighted by atomic mass is 19.1. The van der Waals surface area contributed by atoms with E-state index in [1.54, 1.807) is 0 Å². The second-order valence-corrected chi connectivity index (χ2v) is 7.75. The van der Waals surface area contributed by atoms with Gasteiger partial charge in [-0.05, 0) is 25.3 Å². The first-order valence-corrected chi connectivity index (χ1v) is 9.56. The van der Waals surface area contributed by atoms with Crippen LogP contribution in [-0.2, 0) is 0 Å². The highest BCUT2D eigenvalue weighted by molar-refractivity contribution is 6.01. The first kappa shape index (κ1) is 17.8. The van der Waals surface area contributed by atoms with Gasteiger partial charge >= 0.3 is 0 Å². The number of benzene rings is 1. The Labute approximate surface area is 164 Å². The summed E-state index contributed by atoms with van der Waals surface area (Å²) in [4.78, 5) is 17.9. The largest absolute Gasteiger partial charge is 0.504 e. The number of anilines is 1. The molecule has 1 saturated heterocycles. The second-order valence-electron chi connectivity index (χ2n) is 7.75.